The maximum Gasteiger partial charge on any atom is 0.410 e. The Labute approximate surface area is 122 Å². The zero-order valence-corrected chi connectivity index (χ0v) is 12.9. The van der Waals surface area contributed by atoms with Crippen LogP contribution in [0.5, 0.6) is 0 Å². The van der Waals surface area contributed by atoms with Gasteiger partial charge in [0.2, 0.25) is 0 Å². The molecule has 0 aliphatic carbocycles. The van der Waals surface area contributed by atoms with Crippen molar-refractivity contribution in [1.82, 2.24) is 9.80 Å². The molecule has 0 radical (unpaired) electrons. The van der Waals surface area contributed by atoms with Crippen molar-refractivity contribution in [3.8, 4) is 12.3 Å². The van der Waals surface area contributed by atoms with Crippen molar-refractivity contribution in [2.45, 2.75) is 39.2 Å². The Balaban J connectivity index is 1.65. The third kappa shape index (κ3) is 4.14. The first kappa shape index (κ1) is 15.2. The number of carbonyl (C=O) groups excluding carboxylic acids is 1. The highest BCUT2D eigenvalue weighted by Crippen LogP contribution is 2.23. The summed E-state index contributed by atoms with van der Waals surface area (Å²) in [6.45, 7) is 10.6. The molecule has 2 aliphatic rings. The van der Waals surface area contributed by atoms with Gasteiger partial charge in [0, 0.05) is 31.5 Å². The molecule has 0 aromatic heterocycles. The van der Waals surface area contributed by atoms with E-state index in [1.165, 1.54) is 0 Å². The van der Waals surface area contributed by atoms with Crippen LogP contribution < -0.4 is 0 Å². The Kier molecular flexibility index (Phi) is 4.59. The molecule has 1 amide bonds. The Morgan fingerprint density at radius 2 is 1.90 bits per heavy atom. The normalized spacial score (nSPS) is 22.2. The lowest BCUT2D eigenvalue weighted by Gasteiger charge is -2.42. The lowest BCUT2D eigenvalue weighted by Crippen LogP contribution is -2.55. The molecule has 0 atom stereocenters. The molecule has 2 aliphatic heterocycles. The van der Waals surface area contributed by atoms with E-state index in [2.05, 4.69) is 10.8 Å². The van der Waals surface area contributed by atoms with E-state index in [-0.39, 0.29) is 6.09 Å². The number of terminal acetylenes is 1. The van der Waals surface area contributed by atoms with Gasteiger partial charge >= 0.3 is 6.09 Å². The van der Waals surface area contributed by atoms with Crippen molar-refractivity contribution < 1.29 is 9.53 Å². The van der Waals surface area contributed by atoms with E-state index in [1.54, 1.807) is 4.90 Å². The van der Waals surface area contributed by atoms with Gasteiger partial charge in [-0.1, -0.05) is 0 Å². The first-order valence-electron chi connectivity index (χ1n) is 7.54. The summed E-state index contributed by atoms with van der Waals surface area (Å²) in [5, 5.41) is 0. The summed E-state index contributed by atoms with van der Waals surface area (Å²) in [6, 6.07) is 0. The molecule has 112 valence electrons. The fourth-order valence-electron chi connectivity index (χ4n) is 2.81. The summed E-state index contributed by atoms with van der Waals surface area (Å²) in [4.78, 5) is 16.1. The number of ether oxygens (including phenoxy) is 1. The Morgan fingerprint density at radius 3 is 2.40 bits per heavy atom. The number of amides is 1. The number of nitrogens with zero attached hydrogens (tertiary/aromatic N) is 2. The second-order valence-electron chi connectivity index (χ2n) is 6.99. The van der Waals surface area contributed by atoms with Crippen molar-refractivity contribution in [2.75, 3.05) is 32.7 Å². The first-order chi connectivity index (χ1) is 9.37. The molecule has 4 nitrogen and oxygen atoms in total. The van der Waals surface area contributed by atoms with Crippen molar-refractivity contribution in [3.63, 3.8) is 0 Å². The fourth-order valence-corrected chi connectivity index (χ4v) is 2.81. The number of likely N-dealkylation sites (tertiary alicyclic amines) is 2. The molecule has 2 saturated heterocycles. The highest BCUT2D eigenvalue weighted by Gasteiger charge is 2.34. The quantitative estimate of drug-likeness (QED) is 0.726. The average molecular weight is 278 g/mol. The molecule has 4 heteroatoms. The summed E-state index contributed by atoms with van der Waals surface area (Å²) in [5.41, 5.74) is -0.403. The zero-order valence-electron chi connectivity index (χ0n) is 12.9. The smallest absolute Gasteiger partial charge is 0.410 e. The van der Waals surface area contributed by atoms with E-state index in [1.807, 2.05) is 20.8 Å². The van der Waals surface area contributed by atoms with Crippen LogP contribution in [0.1, 0.15) is 33.6 Å². The predicted octanol–water partition coefficient (Wildman–Crippen LogP) is 2.20. The van der Waals surface area contributed by atoms with Crippen LogP contribution in [0.15, 0.2) is 0 Å². The average Bonchev–Trinajstić information content (AvgIpc) is 2.31. The van der Waals surface area contributed by atoms with Crippen molar-refractivity contribution >= 4 is 6.09 Å². The molecule has 2 fully saturated rings. The topological polar surface area (TPSA) is 32.8 Å². The molecular formula is C16H26N2O2. The second-order valence-corrected chi connectivity index (χ2v) is 6.99. The summed E-state index contributed by atoms with van der Waals surface area (Å²) < 4.78 is 5.36. The van der Waals surface area contributed by atoms with Crippen LogP contribution in [0.2, 0.25) is 0 Å². The number of rotatable bonds is 2. The van der Waals surface area contributed by atoms with E-state index in [0.29, 0.717) is 11.8 Å². The Bertz CT molecular complexity index is 380. The minimum Gasteiger partial charge on any atom is -0.444 e. The minimum absolute atomic E-state index is 0.181. The molecule has 2 rings (SSSR count). The van der Waals surface area contributed by atoms with Gasteiger partial charge in [-0.2, -0.15) is 0 Å². The fraction of sp³-hybridized carbons (Fsp3) is 0.812. The van der Waals surface area contributed by atoms with Crippen LogP contribution in [-0.2, 0) is 4.74 Å². The van der Waals surface area contributed by atoms with Gasteiger partial charge in [0.15, 0.2) is 0 Å². The third-order valence-corrected chi connectivity index (χ3v) is 3.95. The van der Waals surface area contributed by atoms with Crippen molar-refractivity contribution in [3.05, 3.63) is 0 Å². The molecule has 0 aromatic carbocycles. The lowest BCUT2D eigenvalue weighted by molar-refractivity contribution is -0.00763. The van der Waals surface area contributed by atoms with Gasteiger partial charge in [0.05, 0.1) is 0 Å². The van der Waals surface area contributed by atoms with E-state index in [0.717, 1.165) is 45.6 Å². The highest BCUT2D eigenvalue weighted by atomic mass is 16.6. The van der Waals surface area contributed by atoms with E-state index in [4.69, 9.17) is 11.2 Å². The van der Waals surface area contributed by atoms with Gasteiger partial charge in [-0.15, -0.1) is 12.3 Å². The third-order valence-electron chi connectivity index (χ3n) is 3.95. The molecule has 0 aromatic rings. The van der Waals surface area contributed by atoms with E-state index >= 15 is 0 Å². The van der Waals surface area contributed by atoms with Crippen LogP contribution in [0, 0.1) is 24.2 Å². The van der Waals surface area contributed by atoms with Gasteiger partial charge in [-0.3, -0.25) is 0 Å². The van der Waals surface area contributed by atoms with Gasteiger partial charge in [0.1, 0.15) is 5.60 Å². The standard InChI is InChI=1S/C16H26N2O2/c1-5-13-6-8-17(9-7-13)10-14-11-18(12-14)15(19)20-16(2,3)4/h1,13-14H,6-12H2,2-4H3. The predicted molar refractivity (Wildman–Crippen MR) is 79.3 cm³/mol. The highest BCUT2D eigenvalue weighted by molar-refractivity contribution is 5.69. The molecule has 0 unspecified atom stereocenters. The zero-order chi connectivity index (χ0) is 14.8. The number of piperidine rings is 1. The summed E-state index contributed by atoms with van der Waals surface area (Å²) in [6.07, 6.45) is 7.50. The summed E-state index contributed by atoms with van der Waals surface area (Å²) in [7, 11) is 0. The van der Waals surface area contributed by atoms with Crippen LogP contribution in [0.4, 0.5) is 4.79 Å². The molecular weight excluding hydrogens is 252 g/mol. The SMILES string of the molecule is C#CC1CCN(CC2CN(C(=O)OC(C)(C)C)C2)CC1. The van der Waals surface area contributed by atoms with Gasteiger partial charge in [-0.25, -0.2) is 4.79 Å². The second kappa shape index (κ2) is 6.05. The molecule has 0 spiro atoms. The van der Waals surface area contributed by atoms with Crippen LogP contribution in [0.25, 0.3) is 0 Å². The van der Waals surface area contributed by atoms with Crippen LogP contribution >= 0.6 is 0 Å². The van der Waals surface area contributed by atoms with Gasteiger partial charge in [-0.05, 0) is 46.7 Å². The maximum absolute atomic E-state index is 11.8. The Hall–Kier alpha value is -1.21. The molecule has 20 heavy (non-hydrogen) atoms. The largest absolute Gasteiger partial charge is 0.444 e. The van der Waals surface area contributed by atoms with E-state index < -0.39 is 5.60 Å². The van der Waals surface area contributed by atoms with Crippen LogP contribution in [0.3, 0.4) is 0 Å². The van der Waals surface area contributed by atoms with E-state index in [9.17, 15) is 4.79 Å². The Morgan fingerprint density at radius 1 is 1.30 bits per heavy atom. The summed E-state index contributed by atoms with van der Waals surface area (Å²) >= 11 is 0. The molecule has 0 N–H and O–H groups in total. The van der Waals surface area contributed by atoms with Crippen LogP contribution in [-0.4, -0.2) is 54.2 Å². The van der Waals surface area contributed by atoms with Gasteiger partial charge in [0.25, 0.3) is 0 Å². The first-order valence-corrected chi connectivity index (χ1v) is 7.54. The maximum atomic E-state index is 11.8. The van der Waals surface area contributed by atoms with Crippen molar-refractivity contribution in [1.29, 1.82) is 0 Å². The molecule has 2 heterocycles. The number of hydrogen-bond acceptors (Lipinski definition) is 3. The van der Waals surface area contributed by atoms with Gasteiger partial charge < -0.3 is 14.5 Å². The molecule has 0 bridgehead atoms. The monoisotopic (exact) mass is 278 g/mol. The minimum atomic E-state index is -0.403. The van der Waals surface area contributed by atoms with Crippen molar-refractivity contribution in [2.24, 2.45) is 11.8 Å². The number of hydrogen-bond donors (Lipinski definition) is 0. The lowest BCUT2D eigenvalue weighted by atomic mass is 9.95. The summed E-state index contributed by atoms with van der Waals surface area (Å²) in [5.74, 6) is 3.91. The molecule has 0 saturated carbocycles. The number of carbonyl (C=O) groups is 1.